The zero-order valence-electron chi connectivity index (χ0n) is 7.92. The van der Waals surface area contributed by atoms with Crippen molar-refractivity contribution in [3.8, 4) is 0 Å². The van der Waals surface area contributed by atoms with Gasteiger partial charge in [-0.15, -0.1) is 0 Å². The summed E-state index contributed by atoms with van der Waals surface area (Å²) in [4.78, 5) is 11.3. The first-order valence-electron chi connectivity index (χ1n) is 5.23. The van der Waals surface area contributed by atoms with Gasteiger partial charge in [0, 0.05) is 13.1 Å². The van der Waals surface area contributed by atoms with Crippen LogP contribution >= 0.6 is 0 Å². The normalized spacial score (nSPS) is 23.4. The van der Waals surface area contributed by atoms with Crippen LogP contribution in [-0.2, 0) is 9.53 Å². The lowest BCUT2D eigenvalue weighted by atomic mass is 9.83. The van der Waals surface area contributed by atoms with E-state index in [1.54, 1.807) is 0 Å². The maximum absolute atomic E-state index is 11.3. The molecule has 0 atom stereocenters. The number of nitrogens with one attached hydrogen (secondary N) is 1. The van der Waals surface area contributed by atoms with E-state index < -0.39 is 0 Å². The van der Waals surface area contributed by atoms with E-state index in [9.17, 15) is 4.79 Å². The topological polar surface area (TPSA) is 38.3 Å². The van der Waals surface area contributed by atoms with Gasteiger partial charge < -0.3 is 10.1 Å². The summed E-state index contributed by atoms with van der Waals surface area (Å²) in [5.74, 6) is 0.978. The summed E-state index contributed by atoms with van der Waals surface area (Å²) in [7, 11) is 0. The van der Waals surface area contributed by atoms with E-state index in [0.29, 0.717) is 6.61 Å². The molecular formula is C10H17NO2. The molecule has 3 nitrogen and oxygen atoms in total. The molecule has 0 aromatic carbocycles. The Labute approximate surface area is 78.8 Å². The molecule has 0 radical (unpaired) electrons. The van der Waals surface area contributed by atoms with Crippen molar-refractivity contribution in [2.24, 2.45) is 11.8 Å². The fourth-order valence-electron chi connectivity index (χ4n) is 1.68. The van der Waals surface area contributed by atoms with E-state index in [1.165, 1.54) is 19.3 Å². The summed E-state index contributed by atoms with van der Waals surface area (Å²) < 4.78 is 5.17. The molecule has 3 heteroatoms. The Hall–Kier alpha value is -0.570. The van der Waals surface area contributed by atoms with Crippen molar-refractivity contribution < 1.29 is 9.53 Å². The van der Waals surface area contributed by atoms with E-state index in [4.69, 9.17) is 4.74 Å². The summed E-state index contributed by atoms with van der Waals surface area (Å²) in [6.45, 7) is 2.25. The summed E-state index contributed by atoms with van der Waals surface area (Å²) in [5.41, 5.74) is 0. The minimum absolute atomic E-state index is 0.00178. The van der Waals surface area contributed by atoms with Gasteiger partial charge >= 0.3 is 5.97 Å². The van der Waals surface area contributed by atoms with Crippen LogP contribution < -0.4 is 5.32 Å². The second kappa shape index (κ2) is 4.09. The van der Waals surface area contributed by atoms with Crippen molar-refractivity contribution >= 4 is 5.97 Å². The Balaban J connectivity index is 1.53. The Morgan fingerprint density at radius 3 is 2.62 bits per heavy atom. The second-order valence-electron chi connectivity index (χ2n) is 4.11. The first kappa shape index (κ1) is 9.00. The number of carbonyl (C=O) groups excluding carboxylic acids is 1. The first-order valence-corrected chi connectivity index (χ1v) is 5.23. The Kier molecular flexibility index (Phi) is 2.83. The van der Waals surface area contributed by atoms with Gasteiger partial charge in [0.2, 0.25) is 0 Å². The monoisotopic (exact) mass is 183 g/mol. The lowest BCUT2D eigenvalue weighted by Crippen LogP contribution is -2.47. The predicted octanol–water partition coefficient (Wildman–Crippen LogP) is 0.939. The van der Waals surface area contributed by atoms with E-state index >= 15 is 0 Å². The molecule has 2 aliphatic rings. The van der Waals surface area contributed by atoms with Crippen LogP contribution in [0.3, 0.4) is 0 Å². The van der Waals surface area contributed by atoms with Crippen molar-refractivity contribution in [2.75, 3.05) is 19.7 Å². The molecule has 13 heavy (non-hydrogen) atoms. The van der Waals surface area contributed by atoms with Gasteiger partial charge in [0.05, 0.1) is 12.5 Å². The van der Waals surface area contributed by atoms with Crippen molar-refractivity contribution in [1.82, 2.24) is 5.32 Å². The maximum Gasteiger partial charge on any atom is 0.311 e. The van der Waals surface area contributed by atoms with Crippen LogP contribution in [-0.4, -0.2) is 25.7 Å². The molecule has 2 fully saturated rings. The van der Waals surface area contributed by atoms with Crippen LogP contribution in [0.4, 0.5) is 0 Å². The predicted molar refractivity (Wildman–Crippen MR) is 49.3 cm³/mol. The summed E-state index contributed by atoms with van der Waals surface area (Å²) in [6, 6.07) is 0. The third-order valence-corrected chi connectivity index (χ3v) is 3.11. The molecule has 2 rings (SSSR count). The molecule has 0 aromatic rings. The highest BCUT2D eigenvalue weighted by Crippen LogP contribution is 2.29. The number of carbonyl (C=O) groups is 1. The van der Waals surface area contributed by atoms with Gasteiger partial charge in [-0.1, -0.05) is 19.3 Å². The Morgan fingerprint density at radius 2 is 2.15 bits per heavy atom. The van der Waals surface area contributed by atoms with Gasteiger partial charge in [0.1, 0.15) is 0 Å². The van der Waals surface area contributed by atoms with Crippen LogP contribution in [0.2, 0.25) is 0 Å². The van der Waals surface area contributed by atoms with E-state index in [2.05, 4.69) is 5.32 Å². The van der Waals surface area contributed by atoms with Gasteiger partial charge in [0.25, 0.3) is 0 Å². The number of rotatable bonds is 4. The minimum Gasteiger partial charge on any atom is -0.465 e. The molecule has 0 spiro atoms. The van der Waals surface area contributed by atoms with Gasteiger partial charge in [-0.3, -0.25) is 4.79 Å². The molecule has 0 amide bonds. The van der Waals surface area contributed by atoms with Gasteiger partial charge in [-0.25, -0.2) is 0 Å². The van der Waals surface area contributed by atoms with Gasteiger partial charge in [-0.05, 0) is 12.3 Å². The average Bonchev–Trinajstić information content (AvgIpc) is 1.90. The van der Waals surface area contributed by atoms with Gasteiger partial charge in [0.15, 0.2) is 0 Å². The molecule has 0 bridgehead atoms. The smallest absolute Gasteiger partial charge is 0.311 e. The van der Waals surface area contributed by atoms with Crippen LogP contribution in [0.25, 0.3) is 0 Å². The van der Waals surface area contributed by atoms with Crippen molar-refractivity contribution in [3.05, 3.63) is 0 Å². The Morgan fingerprint density at radius 1 is 1.38 bits per heavy atom. The molecule has 0 unspecified atom stereocenters. The number of hydrogen-bond acceptors (Lipinski definition) is 3. The highest BCUT2D eigenvalue weighted by Gasteiger charge is 2.26. The molecule has 1 saturated carbocycles. The zero-order chi connectivity index (χ0) is 9.10. The van der Waals surface area contributed by atoms with Crippen LogP contribution in [0.15, 0.2) is 0 Å². The van der Waals surface area contributed by atoms with E-state index in [0.717, 1.165) is 25.4 Å². The molecule has 0 aromatic heterocycles. The quantitative estimate of drug-likeness (QED) is 0.659. The lowest BCUT2D eigenvalue weighted by molar-refractivity contribution is -0.150. The summed E-state index contributed by atoms with van der Waals surface area (Å²) in [5, 5.41) is 3.06. The molecule has 74 valence electrons. The molecular weight excluding hydrogens is 166 g/mol. The molecule has 1 heterocycles. The SMILES string of the molecule is O=C(OCCC1CCC1)C1CNC1. The fraction of sp³-hybridized carbons (Fsp3) is 0.900. The Bertz CT molecular complexity index is 185. The van der Waals surface area contributed by atoms with Crippen LogP contribution in [0, 0.1) is 11.8 Å². The van der Waals surface area contributed by atoms with Crippen LogP contribution in [0.5, 0.6) is 0 Å². The molecule has 1 aliphatic heterocycles. The van der Waals surface area contributed by atoms with Crippen molar-refractivity contribution in [2.45, 2.75) is 25.7 Å². The van der Waals surface area contributed by atoms with Crippen molar-refractivity contribution in [3.63, 3.8) is 0 Å². The maximum atomic E-state index is 11.3. The molecule has 1 N–H and O–H groups in total. The van der Waals surface area contributed by atoms with Gasteiger partial charge in [-0.2, -0.15) is 0 Å². The third-order valence-electron chi connectivity index (χ3n) is 3.11. The largest absolute Gasteiger partial charge is 0.465 e. The van der Waals surface area contributed by atoms with Crippen molar-refractivity contribution in [1.29, 1.82) is 0 Å². The second-order valence-corrected chi connectivity index (χ2v) is 4.11. The number of hydrogen-bond donors (Lipinski definition) is 1. The highest BCUT2D eigenvalue weighted by atomic mass is 16.5. The summed E-state index contributed by atoms with van der Waals surface area (Å²) in [6.07, 6.45) is 5.11. The third kappa shape index (κ3) is 2.21. The fourth-order valence-corrected chi connectivity index (χ4v) is 1.68. The van der Waals surface area contributed by atoms with E-state index in [1.807, 2.05) is 0 Å². The molecule has 1 saturated heterocycles. The standard InChI is InChI=1S/C10H17NO2/c12-10(9-6-11-7-9)13-5-4-8-2-1-3-8/h8-9,11H,1-7H2. The first-order chi connectivity index (χ1) is 6.36. The zero-order valence-corrected chi connectivity index (χ0v) is 7.92. The number of esters is 1. The average molecular weight is 183 g/mol. The highest BCUT2D eigenvalue weighted by molar-refractivity contribution is 5.73. The minimum atomic E-state index is -0.00178. The molecule has 1 aliphatic carbocycles. The number of ether oxygens (including phenoxy) is 1. The van der Waals surface area contributed by atoms with Crippen LogP contribution in [0.1, 0.15) is 25.7 Å². The summed E-state index contributed by atoms with van der Waals surface area (Å²) >= 11 is 0. The van der Waals surface area contributed by atoms with E-state index in [-0.39, 0.29) is 11.9 Å². The lowest BCUT2D eigenvalue weighted by Gasteiger charge is -2.27.